The molecule has 0 saturated carbocycles. The highest BCUT2D eigenvalue weighted by Gasteiger charge is 2.07. The molecule has 0 bridgehead atoms. The van der Waals surface area contributed by atoms with Crippen LogP contribution in [0.25, 0.3) is 11.3 Å². The van der Waals surface area contributed by atoms with E-state index < -0.39 is 0 Å². The van der Waals surface area contributed by atoms with Crippen LogP contribution in [0.2, 0.25) is 0 Å². The number of nitrogens with zero attached hydrogens (tertiary/aromatic N) is 1. The highest BCUT2D eigenvalue weighted by atomic mass is 16.1. The van der Waals surface area contributed by atoms with E-state index in [1.807, 2.05) is 31.2 Å². The van der Waals surface area contributed by atoms with Crippen molar-refractivity contribution in [2.45, 2.75) is 13.8 Å². The van der Waals surface area contributed by atoms with E-state index in [1.54, 1.807) is 6.92 Å². The number of nitrogens with one attached hydrogen (secondary N) is 1. The molecule has 0 amide bonds. The van der Waals surface area contributed by atoms with Crippen molar-refractivity contribution in [3.8, 4) is 11.3 Å². The van der Waals surface area contributed by atoms with Gasteiger partial charge < -0.3 is 4.98 Å². The Hall–Kier alpha value is -1.90. The Morgan fingerprint density at radius 2 is 1.93 bits per heavy atom. The Labute approximate surface area is 87.8 Å². The van der Waals surface area contributed by atoms with Gasteiger partial charge >= 0.3 is 0 Å². The van der Waals surface area contributed by atoms with E-state index in [-0.39, 0.29) is 5.56 Å². The highest BCUT2D eigenvalue weighted by molar-refractivity contribution is 5.65. The summed E-state index contributed by atoms with van der Waals surface area (Å²) in [4.78, 5) is 18.2. The van der Waals surface area contributed by atoms with E-state index in [4.69, 9.17) is 0 Å². The summed E-state index contributed by atoms with van der Waals surface area (Å²) in [5, 5.41) is 0. The maximum atomic E-state index is 11.4. The molecule has 0 atom stereocenters. The molecule has 15 heavy (non-hydrogen) atoms. The molecule has 1 N–H and O–H groups in total. The summed E-state index contributed by atoms with van der Waals surface area (Å²) >= 11 is 0. The van der Waals surface area contributed by atoms with E-state index in [0.29, 0.717) is 5.56 Å². The second kappa shape index (κ2) is 3.69. The molecule has 76 valence electrons. The molecule has 1 aromatic carbocycles. The van der Waals surface area contributed by atoms with Gasteiger partial charge in [0.2, 0.25) is 0 Å². The molecule has 3 nitrogen and oxygen atoms in total. The number of aromatic amines is 1. The minimum absolute atomic E-state index is 0.0803. The Kier molecular flexibility index (Phi) is 2.37. The molecule has 0 fully saturated rings. The van der Waals surface area contributed by atoms with Crippen LogP contribution in [0.5, 0.6) is 0 Å². The maximum Gasteiger partial charge on any atom is 0.254 e. The lowest BCUT2D eigenvalue weighted by atomic mass is 10.0. The Morgan fingerprint density at radius 3 is 2.67 bits per heavy atom. The van der Waals surface area contributed by atoms with E-state index >= 15 is 0 Å². The van der Waals surface area contributed by atoms with E-state index in [9.17, 15) is 4.79 Å². The van der Waals surface area contributed by atoms with Crippen LogP contribution in [0.1, 0.15) is 11.1 Å². The Bertz CT molecular complexity index is 543. The van der Waals surface area contributed by atoms with Crippen molar-refractivity contribution in [2.24, 2.45) is 0 Å². The predicted octanol–water partition coefficient (Wildman–Crippen LogP) is 2.05. The molecule has 1 aromatic heterocycles. The second-order valence-corrected chi connectivity index (χ2v) is 3.52. The normalized spacial score (nSPS) is 10.3. The first-order valence-electron chi connectivity index (χ1n) is 4.80. The largest absolute Gasteiger partial charge is 0.313 e. The van der Waals surface area contributed by atoms with Crippen molar-refractivity contribution < 1.29 is 0 Å². The van der Waals surface area contributed by atoms with Crippen LogP contribution in [0.15, 0.2) is 35.4 Å². The molecule has 3 heteroatoms. The van der Waals surface area contributed by atoms with Gasteiger partial charge in [0.05, 0.1) is 12.0 Å². The first-order valence-corrected chi connectivity index (χ1v) is 4.80. The third-order valence-corrected chi connectivity index (χ3v) is 2.49. The summed E-state index contributed by atoms with van der Waals surface area (Å²) in [6, 6.07) is 7.91. The van der Waals surface area contributed by atoms with Crippen molar-refractivity contribution >= 4 is 0 Å². The zero-order valence-electron chi connectivity index (χ0n) is 8.74. The average Bonchev–Trinajstić information content (AvgIpc) is 2.23. The third-order valence-electron chi connectivity index (χ3n) is 2.49. The standard InChI is InChI=1S/C12H12N2O/c1-8-5-3-4-6-10(8)11-9(2)12(15)14-7-13-11/h3-7H,1-2H3,(H,13,14,15). The van der Waals surface area contributed by atoms with Gasteiger partial charge in [-0.3, -0.25) is 4.79 Å². The lowest BCUT2D eigenvalue weighted by Crippen LogP contribution is -2.11. The number of H-pyrrole nitrogens is 1. The van der Waals surface area contributed by atoms with Crippen molar-refractivity contribution in [1.29, 1.82) is 0 Å². The zero-order valence-corrected chi connectivity index (χ0v) is 8.74. The summed E-state index contributed by atoms with van der Waals surface area (Å²) in [6.07, 6.45) is 1.44. The average molecular weight is 200 g/mol. The molecule has 0 aliphatic carbocycles. The Morgan fingerprint density at radius 1 is 1.20 bits per heavy atom. The molecule has 2 aromatic rings. The van der Waals surface area contributed by atoms with E-state index in [2.05, 4.69) is 9.97 Å². The minimum Gasteiger partial charge on any atom is -0.313 e. The van der Waals surface area contributed by atoms with Crippen LogP contribution in [0, 0.1) is 13.8 Å². The van der Waals surface area contributed by atoms with Gasteiger partial charge in [-0.2, -0.15) is 0 Å². The van der Waals surface area contributed by atoms with Gasteiger partial charge in [0, 0.05) is 11.1 Å². The fourth-order valence-corrected chi connectivity index (χ4v) is 1.58. The molecule has 0 unspecified atom stereocenters. The van der Waals surface area contributed by atoms with Crippen LogP contribution in [0.4, 0.5) is 0 Å². The molecule has 0 radical (unpaired) electrons. The van der Waals surface area contributed by atoms with Gasteiger partial charge in [-0.1, -0.05) is 24.3 Å². The van der Waals surface area contributed by atoms with E-state index in [0.717, 1.165) is 16.8 Å². The molecule has 0 aliphatic rings. The van der Waals surface area contributed by atoms with Crippen molar-refractivity contribution in [3.05, 3.63) is 52.1 Å². The molecular weight excluding hydrogens is 188 g/mol. The Balaban J connectivity index is 2.70. The van der Waals surface area contributed by atoms with Gasteiger partial charge in [-0.05, 0) is 19.4 Å². The van der Waals surface area contributed by atoms with Crippen LogP contribution in [0.3, 0.4) is 0 Å². The van der Waals surface area contributed by atoms with Crippen LogP contribution < -0.4 is 5.56 Å². The third kappa shape index (κ3) is 1.68. The lowest BCUT2D eigenvalue weighted by Gasteiger charge is -2.06. The molecule has 0 spiro atoms. The lowest BCUT2D eigenvalue weighted by molar-refractivity contribution is 1.08. The predicted molar refractivity (Wildman–Crippen MR) is 59.8 cm³/mol. The van der Waals surface area contributed by atoms with Crippen molar-refractivity contribution in [2.75, 3.05) is 0 Å². The van der Waals surface area contributed by atoms with E-state index in [1.165, 1.54) is 6.33 Å². The van der Waals surface area contributed by atoms with Gasteiger partial charge in [-0.25, -0.2) is 4.98 Å². The fraction of sp³-hybridized carbons (Fsp3) is 0.167. The number of benzene rings is 1. The molecule has 0 saturated heterocycles. The molecule has 0 aliphatic heterocycles. The summed E-state index contributed by atoms with van der Waals surface area (Å²) in [6.45, 7) is 3.80. The zero-order chi connectivity index (χ0) is 10.8. The SMILES string of the molecule is Cc1ccccc1-c1nc[nH]c(=O)c1C. The number of aromatic nitrogens is 2. The summed E-state index contributed by atoms with van der Waals surface area (Å²) < 4.78 is 0. The molecular formula is C12H12N2O. The van der Waals surface area contributed by atoms with Gasteiger partial charge in [0.1, 0.15) is 0 Å². The van der Waals surface area contributed by atoms with Crippen molar-refractivity contribution in [3.63, 3.8) is 0 Å². The van der Waals surface area contributed by atoms with Crippen LogP contribution >= 0.6 is 0 Å². The van der Waals surface area contributed by atoms with Gasteiger partial charge in [-0.15, -0.1) is 0 Å². The highest BCUT2D eigenvalue weighted by Crippen LogP contribution is 2.21. The van der Waals surface area contributed by atoms with Gasteiger partial charge in [0.15, 0.2) is 0 Å². The summed E-state index contributed by atoms with van der Waals surface area (Å²) in [5.41, 5.74) is 3.48. The number of hydrogen-bond donors (Lipinski definition) is 1. The van der Waals surface area contributed by atoms with Gasteiger partial charge in [0.25, 0.3) is 5.56 Å². The molecule has 1 heterocycles. The second-order valence-electron chi connectivity index (χ2n) is 3.52. The monoisotopic (exact) mass is 200 g/mol. The first-order chi connectivity index (χ1) is 7.20. The summed E-state index contributed by atoms with van der Waals surface area (Å²) in [5.74, 6) is 0. The molecule has 2 rings (SSSR count). The smallest absolute Gasteiger partial charge is 0.254 e. The topological polar surface area (TPSA) is 45.8 Å². The van der Waals surface area contributed by atoms with Crippen LogP contribution in [-0.4, -0.2) is 9.97 Å². The maximum absolute atomic E-state index is 11.4. The number of rotatable bonds is 1. The quantitative estimate of drug-likeness (QED) is 0.765. The summed E-state index contributed by atoms with van der Waals surface area (Å²) in [7, 11) is 0. The minimum atomic E-state index is -0.0803. The van der Waals surface area contributed by atoms with Crippen molar-refractivity contribution in [1.82, 2.24) is 9.97 Å². The van der Waals surface area contributed by atoms with Crippen LogP contribution in [-0.2, 0) is 0 Å². The number of aryl methyl sites for hydroxylation is 1. The number of hydrogen-bond acceptors (Lipinski definition) is 2. The first kappa shape index (κ1) is 9.65. The fourth-order valence-electron chi connectivity index (χ4n) is 1.58.